The van der Waals surface area contributed by atoms with Crippen molar-refractivity contribution in [2.24, 2.45) is 5.10 Å². The second-order valence-electron chi connectivity index (χ2n) is 2.74. The minimum atomic E-state index is 0.257. The molecule has 1 aliphatic rings. The van der Waals surface area contributed by atoms with Crippen LogP contribution in [0.25, 0.3) is 0 Å². The van der Waals surface area contributed by atoms with Gasteiger partial charge in [-0.1, -0.05) is 18.2 Å². The summed E-state index contributed by atoms with van der Waals surface area (Å²) >= 11 is 0. The molecule has 1 atom stereocenters. The maximum atomic E-state index is 3.92. The van der Waals surface area contributed by atoms with Crippen molar-refractivity contribution in [3.63, 3.8) is 0 Å². The Morgan fingerprint density at radius 3 is 2.83 bits per heavy atom. The van der Waals surface area contributed by atoms with Crippen LogP contribution in [0.1, 0.15) is 6.42 Å². The predicted octanol–water partition coefficient (Wildman–Crippen LogP) is 1.40. The standard InChI is InChI=1S/C9H11N3/c1-2-4-8(5-3-1)11-9-6-7-10-12-9/h1-5,7,9,11-12H,6H2. The first-order valence-electron chi connectivity index (χ1n) is 4.04. The summed E-state index contributed by atoms with van der Waals surface area (Å²) in [5, 5.41) is 7.23. The molecule has 1 aliphatic heterocycles. The quantitative estimate of drug-likeness (QED) is 0.688. The number of para-hydroxylation sites is 1. The Bertz CT molecular complexity index is 260. The van der Waals surface area contributed by atoms with Gasteiger partial charge in [-0.2, -0.15) is 5.10 Å². The fourth-order valence-corrected chi connectivity index (χ4v) is 1.18. The maximum absolute atomic E-state index is 3.92. The fraction of sp³-hybridized carbons (Fsp3) is 0.222. The highest BCUT2D eigenvalue weighted by molar-refractivity contribution is 5.61. The van der Waals surface area contributed by atoms with Crippen LogP contribution in [0.5, 0.6) is 0 Å². The van der Waals surface area contributed by atoms with Crippen molar-refractivity contribution in [3.8, 4) is 0 Å². The van der Waals surface area contributed by atoms with Crippen LogP contribution >= 0.6 is 0 Å². The molecule has 2 N–H and O–H groups in total. The summed E-state index contributed by atoms with van der Waals surface area (Å²) in [5.74, 6) is 0. The smallest absolute Gasteiger partial charge is 0.118 e. The van der Waals surface area contributed by atoms with Crippen LogP contribution in [0.3, 0.4) is 0 Å². The molecule has 2 rings (SSSR count). The number of benzene rings is 1. The molecule has 0 saturated heterocycles. The molecule has 0 spiro atoms. The van der Waals surface area contributed by atoms with Crippen LogP contribution in [0.2, 0.25) is 0 Å². The van der Waals surface area contributed by atoms with Gasteiger partial charge in [-0.05, 0) is 12.1 Å². The lowest BCUT2D eigenvalue weighted by molar-refractivity contribution is 0.649. The van der Waals surface area contributed by atoms with Crippen LogP contribution in [0, 0.1) is 0 Å². The monoisotopic (exact) mass is 161 g/mol. The highest BCUT2D eigenvalue weighted by atomic mass is 15.4. The zero-order valence-corrected chi connectivity index (χ0v) is 6.70. The Morgan fingerprint density at radius 1 is 1.33 bits per heavy atom. The molecule has 0 bridgehead atoms. The van der Waals surface area contributed by atoms with Crippen LogP contribution < -0.4 is 10.7 Å². The van der Waals surface area contributed by atoms with Gasteiger partial charge in [-0.15, -0.1) is 0 Å². The van der Waals surface area contributed by atoms with E-state index in [4.69, 9.17) is 0 Å². The molecule has 0 fully saturated rings. The van der Waals surface area contributed by atoms with Crippen molar-refractivity contribution in [1.29, 1.82) is 0 Å². The lowest BCUT2D eigenvalue weighted by Crippen LogP contribution is -2.28. The number of hydrogen-bond donors (Lipinski definition) is 2. The predicted molar refractivity (Wildman–Crippen MR) is 50.1 cm³/mol. The average Bonchev–Trinajstić information content (AvgIpc) is 2.59. The van der Waals surface area contributed by atoms with Crippen molar-refractivity contribution < 1.29 is 0 Å². The van der Waals surface area contributed by atoms with Gasteiger partial charge in [0, 0.05) is 18.3 Å². The van der Waals surface area contributed by atoms with Crippen LogP contribution in [0.15, 0.2) is 35.4 Å². The van der Waals surface area contributed by atoms with Gasteiger partial charge in [0.1, 0.15) is 6.17 Å². The van der Waals surface area contributed by atoms with E-state index < -0.39 is 0 Å². The third-order valence-electron chi connectivity index (χ3n) is 1.78. The molecule has 12 heavy (non-hydrogen) atoms. The number of rotatable bonds is 2. The molecule has 0 radical (unpaired) electrons. The minimum Gasteiger partial charge on any atom is -0.364 e. The summed E-state index contributed by atoms with van der Waals surface area (Å²) in [5.41, 5.74) is 4.09. The van der Waals surface area contributed by atoms with E-state index in [1.807, 2.05) is 36.5 Å². The molecule has 0 amide bonds. The Labute approximate surface area is 71.5 Å². The third-order valence-corrected chi connectivity index (χ3v) is 1.78. The largest absolute Gasteiger partial charge is 0.364 e. The molecule has 0 aliphatic carbocycles. The van der Waals surface area contributed by atoms with Gasteiger partial charge in [-0.3, -0.25) is 5.43 Å². The Morgan fingerprint density at radius 2 is 2.17 bits per heavy atom. The summed E-state index contributed by atoms with van der Waals surface area (Å²) in [7, 11) is 0. The molecule has 1 heterocycles. The van der Waals surface area contributed by atoms with Crippen LogP contribution in [-0.2, 0) is 0 Å². The van der Waals surface area contributed by atoms with Crippen LogP contribution in [-0.4, -0.2) is 12.4 Å². The zero-order chi connectivity index (χ0) is 8.23. The van der Waals surface area contributed by atoms with E-state index in [0.29, 0.717) is 0 Å². The summed E-state index contributed by atoms with van der Waals surface area (Å²) < 4.78 is 0. The van der Waals surface area contributed by atoms with Gasteiger partial charge in [0.05, 0.1) is 0 Å². The molecule has 3 heteroatoms. The van der Waals surface area contributed by atoms with E-state index >= 15 is 0 Å². The van der Waals surface area contributed by atoms with Crippen molar-refractivity contribution in [1.82, 2.24) is 5.43 Å². The lowest BCUT2D eigenvalue weighted by Gasteiger charge is -2.12. The molecule has 1 unspecified atom stereocenters. The third kappa shape index (κ3) is 1.56. The number of anilines is 1. The summed E-state index contributed by atoms with van der Waals surface area (Å²) in [6.07, 6.45) is 3.07. The summed E-state index contributed by atoms with van der Waals surface area (Å²) in [6.45, 7) is 0. The first-order chi connectivity index (χ1) is 5.95. The molecular formula is C9H11N3. The van der Waals surface area contributed by atoms with Gasteiger partial charge in [0.2, 0.25) is 0 Å². The first-order valence-corrected chi connectivity index (χ1v) is 4.04. The van der Waals surface area contributed by atoms with Crippen molar-refractivity contribution in [2.75, 3.05) is 5.32 Å². The number of hydrazone groups is 1. The van der Waals surface area contributed by atoms with Crippen molar-refractivity contribution in [3.05, 3.63) is 30.3 Å². The molecule has 1 aromatic rings. The molecule has 1 aromatic carbocycles. The SMILES string of the molecule is C1=NNC(Nc2ccccc2)C1. The molecule has 0 saturated carbocycles. The molecule has 3 nitrogen and oxygen atoms in total. The second-order valence-corrected chi connectivity index (χ2v) is 2.74. The van der Waals surface area contributed by atoms with Crippen LogP contribution in [0.4, 0.5) is 5.69 Å². The molecular weight excluding hydrogens is 150 g/mol. The lowest BCUT2D eigenvalue weighted by atomic mass is 10.3. The van der Waals surface area contributed by atoms with Crippen molar-refractivity contribution >= 4 is 11.9 Å². The Hall–Kier alpha value is -1.51. The fourth-order valence-electron chi connectivity index (χ4n) is 1.18. The highest BCUT2D eigenvalue weighted by Gasteiger charge is 2.08. The van der Waals surface area contributed by atoms with E-state index in [1.165, 1.54) is 0 Å². The zero-order valence-electron chi connectivity index (χ0n) is 6.70. The van der Waals surface area contributed by atoms with E-state index in [-0.39, 0.29) is 6.17 Å². The Kier molecular flexibility index (Phi) is 1.94. The van der Waals surface area contributed by atoms with Gasteiger partial charge in [0.15, 0.2) is 0 Å². The number of nitrogens with zero attached hydrogens (tertiary/aromatic N) is 1. The van der Waals surface area contributed by atoms with Gasteiger partial charge < -0.3 is 5.32 Å². The van der Waals surface area contributed by atoms with E-state index in [1.54, 1.807) is 0 Å². The summed E-state index contributed by atoms with van der Waals surface area (Å²) in [4.78, 5) is 0. The molecule has 62 valence electrons. The normalized spacial score (nSPS) is 20.5. The van der Waals surface area contributed by atoms with E-state index in [0.717, 1.165) is 12.1 Å². The van der Waals surface area contributed by atoms with Gasteiger partial charge in [0.25, 0.3) is 0 Å². The minimum absolute atomic E-state index is 0.257. The second kappa shape index (κ2) is 3.26. The first kappa shape index (κ1) is 7.16. The van der Waals surface area contributed by atoms with E-state index in [2.05, 4.69) is 15.8 Å². The average molecular weight is 161 g/mol. The highest BCUT2D eigenvalue weighted by Crippen LogP contribution is 2.08. The van der Waals surface area contributed by atoms with E-state index in [9.17, 15) is 0 Å². The Balaban J connectivity index is 1.95. The number of hydrogen-bond acceptors (Lipinski definition) is 3. The van der Waals surface area contributed by atoms with Gasteiger partial charge >= 0.3 is 0 Å². The van der Waals surface area contributed by atoms with Crippen molar-refractivity contribution in [2.45, 2.75) is 12.6 Å². The summed E-state index contributed by atoms with van der Waals surface area (Å²) in [6, 6.07) is 10.1. The number of nitrogens with one attached hydrogen (secondary N) is 2. The van der Waals surface area contributed by atoms with Gasteiger partial charge in [-0.25, -0.2) is 0 Å². The topological polar surface area (TPSA) is 36.4 Å². The molecule has 0 aromatic heterocycles. The maximum Gasteiger partial charge on any atom is 0.118 e.